The lowest BCUT2D eigenvalue weighted by molar-refractivity contribution is -0.136. The third kappa shape index (κ3) is 7.18. The van der Waals surface area contributed by atoms with Gasteiger partial charge in [-0.2, -0.15) is 0 Å². The zero-order chi connectivity index (χ0) is 33.9. The van der Waals surface area contributed by atoms with Crippen molar-refractivity contribution in [1.29, 1.82) is 0 Å². The highest BCUT2D eigenvalue weighted by molar-refractivity contribution is 5.89. The van der Waals surface area contributed by atoms with E-state index < -0.39 is 18.0 Å². The van der Waals surface area contributed by atoms with E-state index in [1.54, 1.807) is 6.92 Å². The first-order chi connectivity index (χ1) is 23.1. The number of rotatable bonds is 10. The number of nitrogens with one attached hydrogen (secondary N) is 3. The highest BCUT2D eigenvalue weighted by atomic mass is 16.5. The van der Waals surface area contributed by atoms with Crippen LogP contribution in [-0.4, -0.2) is 42.3 Å². The van der Waals surface area contributed by atoms with Gasteiger partial charge >= 0.3 is 6.09 Å². The lowest BCUT2D eigenvalue weighted by Crippen LogP contribution is -2.56. The van der Waals surface area contributed by atoms with Crippen molar-refractivity contribution in [3.63, 3.8) is 0 Å². The Morgan fingerprint density at radius 1 is 0.812 bits per heavy atom. The molecule has 8 heteroatoms. The lowest BCUT2D eigenvalue weighted by atomic mass is 9.44. The first-order valence-electron chi connectivity index (χ1n) is 18.2. The number of benzene rings is 2. The van der Waals surface area contributed by atoms with Crippen molar-refractivity contribution in [1.82, 2.24) is 16.0 Å². The second kappa shape index (κ2) is 14.4. The van der Waals surface area contributed by atoms with Crippen LogP contribution in [0.15, 0.2) is 60.7 Å². The van der Waals surface area contributed by atoms with Crippen LogP contribution in [0.3, 0.4) is 0 Å². The van der Waals surface area contributed by atoms with Crippen LogP contribution in [0.1, 0.15) is 89.7 Å². The van der Waals surface area contributed by atoms with E-state index in [-0.39, 0.29) is 48.3 Å². The molecule has 0 saturated heterocycles. The fourth-order valence-corrected chi connectivity index (χ4v) is 10.6. The standard InChI is InChI=1S/C40H53N3O5/c1-26(44)32-16-17-33-31-15-14-29-23-30(18-20-39(29,2)34(31)19-21-40(32,33)3)42-36(45)24-41-37(46)35(22-27-10-6-4-7-11-27)43-38(47)48-25-28-12-8-5-9-13-28/h4-13,29-35H,14-25H2,1-3H3,(H,41,46)(H,42,45)(H,43,47)/t29-,30+,31-,32+,33-,34-,35-,39-,40+/m0/s1. The van der Waals surface area contributed by atoms with Crippen LogP contribution in [0.4, 0.5) is 4.79 Å². The Bertz CT molecular complexity index is 1470. The van der Waals surface area contributed by atoms with Gasteiger partial charge in [-0.15, -0.1) is 0 Å². The molecule has 9 atom stereocenters. The van der Waals surface area contributed by atoms with Gasteiger partial charge in [0.2, 0.25) is 11.8 Å². The minimum absolute atomic E-state index is 0.0951. The molecule has 6 rings (SSSR count). The Morgan fingerprint density at radius 2 is 1.48 bits per heavy atom. The van der Waals surface area contributed by atoms with Gasteiger partial charge < -0.3 is 20.7 Å². The van der Waals surface area contributed by atoms with E-state index in [0.29, 0.717) is 29.5 Å². The number of carbonyl (C=O) groups excluding carboxylic acids is 4. The van der Waals surface area contributed by atoms with Crippen LogP contribution < -0.4 is 16.0 Å². The summed E-state index contributed by atoms with van der Waals surface area (Å²) in [6, 6.07) is 18.0. The maximum absolute atomic E-state index is 13.3. The molecule has 0 spiro atoms. The number of fused-ring (bicyclic) bond motifs is 5. The van der Waals surface area contributed by atoms with Crippen molar-refractivity contribution >= 4 is 23.7 Å². The largest absolute Gasteiger partial charge is 0.445 e. The Labute approximate surface area is 285 Å². The summed E-state index contributed by atoms with van der Waals surface area (Å²) in [5.41, 5.74) is 2.19. The van der Waals surface area contributed by atoms with Crippen LogP contribution >= 0.6 is 0 Å². The number of ether oxygens (including phenoxy) is 1. The number of amides is 3. The first-order valence-corrected chi connectivity index (χ1v) is 18.2. The van der Waals surface area contributed by atoms with Gasteiger partial charge in [-0.25, -0.2) is 4.79 Å². The Morgan fingerprint density at radius 3 is 2.19 bits per heavy atom. The summed E-state index contributed by atoms with van der Waals surface area (Å²) in [5.74, 6) is 2.63. The Balaban J connectivity index is 1.00. The van der Waals surface area contributed by atoms with Crippen molar-refractivity contribution in [3.8, 4) is 0 Å². The number of hydrogen-bond donors (Lipinski definition) is 3. The van der Waals surface area contributed by atoms with Crippen LogP contribution in [0, 0.1) is 40.4 Å². The second-order valence-corrected chi connectivity index (χ2v) is 15.6. The fraction of sp³-hybridized carbons (Fsp3) is 0.600. The van der Waals surface area contributed by atoms with Crippen molar-refractivity contribution in [3.05, 3.63) is 71.8 Å². The van der Waals surface area contributed by atoms with E-state index in [2.05, 4.69) is 29.8 Å². The molecule has 0 aliphatic heterocycles. The van der Waals surface area contributed by atoms with Gasteiger partial charge in [-0.05, 0) is 110 Å². The molecule has 4 fully saturated rings. The van der Waals surface area contributed by atoms with Gasteiger partial charge in [-0.1, -0.05) is 74.5 Å². The zero-order valence-electron chi connectivity index (χ0n) is 28.8. The third-order valence-corrected chi connectivity index (χ3v) is 13.0. The number of hydrogen-bond acceptors (Lipinski definition) is 5. The summed E-state index contributed by atoms with van der Waals surface area (Å²) in [7, 11) is 0. The highest BCUT2D eigenvalue weighted by Gasteiger charge is 2.60. The second-order valence-electron chi connectivity index (χ2n) is 15.6. The van der Waals surface area contributed by atoms with Crippen LogP contribution in [0.5, 0.6) is 0 Å². The molecule has 2 aromatic rings. The zero-order valence-corrected chi connectivity index (χ0v) is 28.8. The Hall–Kier alpha value is -3.68. The minimum Gasteiger partial charge on any atom is -0.445 e. The maximum Gasteiger partial charge on any atom is 0.408 e. The van der Waals surface area contributed by atoms with Gasteiger partial charge in [-0.3, -0.25) is 14.4 Å². The summed E-state index contributed by atoms with van der Waals surface area (Å²) < 4.78 is 5.37. The van der Waals surface area contributed by atoms with Gasteiger partial charge in [0.1, 0.15) is 18.4 Å². The molecule has 0 aromatic heterocycles. The summed E-state index contributed by atoms with van der Waals surface area (Å²) in [4.78, 5) is 51.6. The molecular weight excluding hydrogens is 602 g/mol. The molecule has 0 radical (unpaired) electrons. The molecule has 4 aliphatic rings. The molecule has 258 valence electrons. The maximum atomic E-state index is 13.3. The number of carbonyl (C=O) groups is 4. The van der Waals surface area contributed by atoms with Gasteiger partial charge in [0.25, 0.3) is 0 Å². The predicted molar refractivity (Wildman–Crippen MR) is 185 cm³/mol. The molecule has 2 aromatic carbocycles. The van der Waals surface area contributed by atoms with E-state index in [1.165, 1.54) is 25.7 Å². The molecule has 0 unspecified atom stereocenters. The average Bonchev–Trinajstić information content (AvgIpc) is 3.45. The first kappa shape index (κ1) is 34.2. The SMILES string of the molecule is CC(=O)[C@H]1CC[C@H]2[C@@H]3CC[C@H]4C[C@H](NC(=O)CNC(=O)[C@H](Cc5ccccc5)NC(=O)OCc5ccccc5)CC[C@]4(C)[C@H]3CC[C@]12C. The highest BCUT2D eigenvalue weighted by Crippen LogP contribution is 2.67. The number of alkyl carbamates (subject to hydrolysis) is 1. The van der Waals surface area contributed by atoms with Gasteiger partial charge in [0, 0.05) is 18.4 Å². The molecule has 3 amide bonds. The van der Waals surface area contributed by atoms with Crippen molar-refractivity contribution in [2.24, 2.45) is 40.4 Å². The van der Waals surface area contributed by atoms with E-state index >= 15 is 0 Å². The van der Waals surface area contributed by atoms with Crippen LogP contribution in [0.2, 0.25) is 0 Å². The molecule has 3 N–H and O–H groups in total. The molecule has 0 heterocycles. The molecule has 4 saturated carbocycles. The minimum atomic E-state index is -0.892. The summed E-state index contributed by atoms with van der Waals surface area (Å²) in [5, 5.41) is 8.69. The topological polar surface area (TPSA) is 114 Å². The molecule has 0 bridgehead atoms. The van der Waals surface area contributed by atoms with E-state index in [9.17, 15) is 19.2 Å². The lowest BCUT2D eigenvalue weighted by Gasteiger charge is -2.61. The molecule has 4 aliphatic carbocycles. The quantitative estimate of drug-likeness (QED) is 0.275. The van der Waals surface area contributed by atoms with E-state index in [4.69, 9.17) is 4.74 Å². The van der Waals surface area contributed by atoms with Gasteiger partial charge in [0.05, 0.1) is 6.54 Å². The van der Waals surface area contributed by atoms with Gasteiger partial charge in [0.15, 0.2) is 0 Å². The van der Waals surface area contributed by atoms with Crippen LogP contribution in [-0.2, 0) is 32.1 Å². The summed E-state index contributed by atoms with van der Waals surface area (Å²) in [6.07, 6.45) is 9.66. The molecular formula is C40H53N3O5. The predicted octanol–water partition coefficient (Wildman–Crippen LogP) is 6.37. The van der Waals surface area contributed by atoms with Crippen molar-refractivity contribution < 1.29 is 23.9 Å². The molecule has 48 heavy (non-hydrogen) atoms. The molecule has 8 nitrogen and oxygen atoms in total. The normalized spacial score (nSPS) is 32.8. The summed E-state index contributed by atoms with van der Waals surface area (Å²) in [6.45, 7) is 6.67. The monoisotopic (exact) mass is 655 g/mol. The van der Waals surface area contributed by atoms with E-state index in [1.807, 2.05) is 60.7 Å². The van der Waals surface area contributed by atoms with Crippen molar-refractivity contribution in [2.75, 3.05) is 6.54 Å². The third-order valence-electron chi connectivity index (χ3n) is 13.0. The van der Waals surface area contributed by atoms with Crippen molar-refractivity contribution in [2.45, 2.75) is 104 Å². The number of Topliss-reactive ketones (excluding diaryl/α,β-unsaturated/α-hetero) is 1. The Kier molecular flexibility index (Phi) is 10.3. The smallest absolute Gasteiger partial charge is 0.408 e. The van der Waals surface area contributed by atoms with Crippen LogP contribution in [0.25, 0.3) is 0 Å². The fourth-order valence-electron chi connectivity index (χ4n) is 10.6. The average molecular weight is 656 g/mol. The van der Waals surface area contributed by atoms with E-state index in [0.717, 1.165) is 43.2 Å². The summed E-state index contributed by atoms with van der Waals surface area (Å²) >= 11 is 0. The number of ketones is 1.